The zero-order chi connectivity index (χ0) is 14.2. The second-order valence-electron chi connectivity index (χ2n) is 5.46. The second-order valence-corrected chi connectivity index (χ2v) is 8.80. The van der Waals surface area contributed by atoms with Crippen molar-refractivity contribution in [1.82, 2.24) is 9.21 Å². The lowest BCUT2D eigenvalue weighted by molar-refractivity contribution is 0.257. The molecular formula is C13H19ClN2O2S2. The smallest absolute Gasteiger partial charge is 0.252 e. The van der Waals surface area contributed by atoms with E-state index < -0.39 is 10.0 Å². The number of halogens is 1. The van der Waals surface area contributed by atoms with Gasteiger partial charge < -0.3 is 0 Å². The lowest BCUT2D eigenvalue weighted by Gasteiger charge is -2.24. The van der Waals surface area contributed by atoms with Crippen molar-refractivity contribution < 1.29 is 8.42 Å². The summed E-state index contributed by atoms with van der Waals surface area (Å²) in [6.45, 7) is 3.40. The first kappa shape index (κ1) is 14.8. The Hall–Kier alpha value is -0.140. The van der Waals surface area contributed by atoms with Crippen LogP contribution in [-0.4, -0.2) is 49.8 Å². The van der Waals surface area contributed by atoms with Crippen molar-refractivity contribution >= 4 is 33.0 Å². The maximum atomic E-state index is 12.7. The molecule has 0 aromatic carbocycles. The molecule has 0 amide bonds. The monoisotopic (exact) mass is 334 g/mol. The van der Waals surface area contributed by atoms with Crippen molar-refractivity contribution in [2.75, 3.05) is 26.2 Å². The highest BCUT2D eigenvalue weighted by molar-refractivity contribution is 7.91. The van der Waals surface area contributed by atoms with E-state index in [1.165, 1.54) is 17.8 Å². The SMILES string of the molecule is O=S(=O)(c1cc(CCl)cs1)N1CCCN2CCCC2C1. The number of hydrogen-bond donors (Lipinski definition) is 0. The number of fused-ring (bicyclic) bond motifs is 1. The minimum atomic E-state index is -3.35. The molecule has 0 radical (unpaired) electrons. The molecule has 0 aliphatic carbocycles. The van der Waals surface area contributed by atoms with Gasteiger partial charge in [-0.3, -0.25) is 4.90 Å². The van der Waals surface area contributed by atoms with Crippen LogP contribution in [-0.2, 0) is 15.9 Å². The first-order chi connectivity index (χ1) is 9.61. The zero-order valence-electron chi connectivity index (χ0n) is 11.3. The van der Waals surface area contributed by atoms with Crippen LogP contribution in [0.2, 0.25) is 0 Å². The van der Waals surface area contributed by atoms with Gasteiger partial charge in [-0.1, -0.05) is 0 Å². The van der Waals surface area contributed by atoms with Gasteiger partial charge in [0, 0.05) is 25.0 Å². The number of hydrogen-bond acceptors (Lipinski definition) is 4. The molecule has 4 nitrogen and oxygen atoms in total. The Morgan fingerprint density at radius 1 is 1.30 bits per heavy atom. The second kappa shape index (κ2) is 5.93. The fraction of sp³-hybridized carbons (Fsp3) is 0.692. The summed E-state index contributed by atoms with van der Waals surface area (Å²) in [6.07, 6.45) is 3.22. The fourth-order valence-corrected chi connectivity index (χ4v) is 6.20. The molecule has 1 aromatic rings. The van der Waals surface area contributed by atoms with Gasteiger partial charge in [0.15, 0.2) is 0 Å². The van der Waals surface area contributed by atoms with Crippen LogP contribution < -0.4 is 0 Å². The average Bonchev–Trinajstić information content (AvgIpc) is 3.04. The summed E-state index contributed by atoms with van der Waals surface area (Å²) in [5.74, 6) is 0.364. The zero-order valence-corrected chi connectivity index (χ0v) is 13.7. The van der Waals surface area contributed by atoms with Crippen molar-refractivity contribution in [3.05, 3.63) is 17.0 Å². The van der Waals surface area contributed by atoms with Gasteiger partial charge >= 0.3 is 0 Å². The Balaban J connectivity index is 1.82. The highest BCUT2D eigenvalue weighted by Crippen LogP contribution is 2.28. The van der Waals surface area contributed by atoms with Gasteiger partial charge in [-0.25, -0.2) is 8.42 Å². The molecule has 2 fully saturated rings. The molecule has 3 heterocycles. The molecule has 1 atom stereocenters. The third-order valence-electron chi connectivity index (χ3n) is 4.14. The Morgan fingerprint density at radius 2 is 2.10 bits per heavy atom. The van der Waals surface area contributed by atoms with Gasteiger partial charge in [0.2, 0.25) is 0 Å². The van der Waals surface area contributed by atoms with Crippen LogP contribution in [0, 0.1) is 0 Å². The summed E-state index contributed by atoms with van der Waals surface area (Å²) < 4.78 is 27.6. The molecule has 0 saturated carbocycles. The summed E-state index contributed by atoms with van der Waals surface area (Å²) in [5.41, 5.74) is 0.882. The van der Waals surface area contributed by atoms with Crippen LogP contribution in [0.4, 0.5) is 0 Å². The van der Waals surface area contributed by atoms with Crippen LogP contribution in [0.1, 0.15) is 24.8 Å². The first-order valence-electron chi connectivity index (χ1n) is 6.99. The molecular weight excluding hydrogens is 316 g/mol. The molecule has 1 aromatic heterocycles. The molecule has 0 N–H and O–H groups in total. The van der Waals surface area contributed by atoms with Crippen molar-refractivity contribution in [3.8, 4) is 0 Å². The minimum absolute atomic E-state index is 0.364. The number of thiophene rings is 1. The molecule has 2 saturated heterocycles. The number of nitrogens with zero attached hydrogens (tertiary/aromatic N) is 2. The maximum absolute atomic E-state index is 12.7. The van der Waals surface area contributed by atoms with Gasteiger partial charge in [0.25, 0.3) is 10.0 Å². The predicted octanol–water partition coefficient (Wildman–Crippen LogP) is 2.35. The quantitative estimate of drug-likeness (QED) is 0.797. The van der Waals surface area contributed by atoms with Gasteiger partial charge in [-0.15, -0.1) is 22.9 Å². The van der Waals surface area contributed by atoms with E-state index in [0.717, 1.165) is 31.5 Å². The highest BCUT2D eigenvalue weighted by atomic mass is 35.5. The molecule has 0 spiro atoms. The van der Waals surface area contributed by atoms with E-state index >= 15 is 0 Å². The molecule has 20 heavy (non-hydrogen) atoms. The van der Waals surface area contributed by atoms with Crippen LogP contribution in [0.5, 0.6) is 0 Å². The van der Waals surface area contributed by atoms with Gasteiger partial charge in [-0.05, 0) is 49.4 Å². The summed E-state index contributed by atoms with van der Waals surface area (Å²) >= 11 is 7.05. The number of sulfonamides is 1. The topological polar surface area (TPSA) is 40.6 Å². The van der Waals surface area contributed by atoms with Gasteiger partial charge in [0.05, 0.1) is 0 Å². The largest absolute Gasteiger partial charge is 0.299 e. The minimum Gasteiger partial charge on any atom is -0.299 e. The Morgan fingerprint density at radius 3 is 2.85 bits per heavy atom. The Bertz CT molecular complexity index is 573. The van der Waals surface area contributed by atoms with E-state index in [2.05, 4.69) is 4.90 Å². The average molecular weight is 335 g/mol. The van der Waals surface area contributed by atoms with Crippen LogP contribution in [0.15, 0.2) is 15.7 Å². The predicted molar refractivity (Wildman–Crippen MR) is 81.8 cm³/mol. The van der Waals surface area contributed by atoms with Crippen molar-refractivity contribution in [2.24, 2.45) is 0 Å². The van der Waals surface area contributed by atoms with E-state index in [0.29, 0.717) is 29.2 Å². The first-order valence-corrected chi connectivity index (χ1v) is 9.84. The van der Waals surface area contributed by atoms with Crippen LogP contribution in [0.25, 0.3) is 0 Å². The van der Waals surface area contributed by atoms with Gasteiger partial charge in [0.1, 0.15) is 4.21 Å². The van der Waals surface area contributed by atoms with Crippen molar-refractivity contribution in [1.29, 1.82) is 0 Å². The number of rotatable bonds is 3. The summed E-state index contributed by atoms with van der Waals surface area (Å²) in [7, 11) is -3.35. The van der Waals surface area contributed by atoms with Crippen LogP contribution >= 0.6 is 22.9 Å². The van der Waals surface area contributed by atoms with Crippen molar-refractivity contribution in [2.45, 2.75) is 35.4 Å². The standard InChI is InChI=1S/C13H19ClN2O2S2/c14-8-11-7-13(19-10-11)20(17,18)16-6-2-5-15-4-1-3-12(15)9-16/h7,10,12H,1-6,8-9H2. The fourth-order valence-electron chi connectivity index (χ4n) is 3.08. The molecule has 2 aliphatic rings. The maximum Gasteiger partial charge on any atom is 0.252 e. The summed E-state index contributed by atoms with van der Waals surface area (Å²) in [6, 6.07) is 2.12. The summed E-state index contributed by atoms with van der Waals surface area (Å²) in [4.78, 5) is 2.44. The van der Waals surface area contributed by atoms with E-state index in [4.69, 9.17) is 11.6 Å². The van der Waals surface area contributed by atoms with Crippen LogP contribution in [0.3, 0.4) is 0 Å². The van der Waals surface area contributed by atoms with E-state index in [9.17, 15) is 8.42 Å². The normalized spacial score (nSPS) is 25.6. The third kappa shape index (κ3) is 2.76. The number of alkyl halides is 1. The van der Waals surface area contributed by atoms with E-state index in [1.807, 2.05) is 5.38 Å². The molecule has 2 aliphatic heterocycles. The molecule has 112 valence electrons. The molecule has 7 heteroatoms. The van der Waals surface area contributed by atoms with Crippen molar-refractivity contribution in [3.63, 3.8) is 0 Å². The molecule has 3 rings (SSSR count). The third-order valence-corrected chi connectivity index (χ3v) is 7.78. The Labute approximate surface area is 129 Å². The lowest BCUT2D eigenvalue weighted by atomic mass is 10.2. The Kier molecular flexibility index (Phi) is 4.38. The lowest BCUT2D eigenvalue weighted by Crippen LogP contribution is -2.39. The van der Waals surface area contributed by atoms with E-state index in [1.54, 1.807) is 10.4 Å². The van der Waals surface area contributed by atoms with E-state index in [-0.39, 0.29) is 0 Å². The molecule has 0 bridgehead atoms. The summed E-state index contributed by atoms with van der Waals surface area (Å²) in [5, 5.41) is 1.83. The highest BCUT2D eigenvalue weighted by Gasteiger charge is 2.34. The van der Waals surface area contributed by atoms with Gasteiger partial charge in [-0.2, -0.15) is 4.31 Å². The molecule has 1 unspecified atom stereocenters.